The van der Waals surface area contributed by atoms with Crippen LogP contribution in [0.4, 0.5) is 0 Å². The third-order valence-corrected chi connectivity index (χ3v) is 3.64. The molecule has 2 aromatic rings. The summed E-state index contributed by atoms with van der Waals surface area (Å²) in [5.74, 6) is -0.952. The summed E-state index contributed by atoms with van der Waals surface area (Å²) in [5.41, 5.74) is 5.40. The predicted molar refractivity (Wildman–Crippen MR) is 98.6 cm³/mol. The first-order chi connectivity index (χ1) is 11.3. The molecule has 0 radical (unpaired) electrons. The van der Waals surface area contributed by atoms with Gasteiger partial charge in [-0.2, -0.15) is 0 Å². The van der Waals surface area contributed by atoms with Crippen LogP contribution in [0.2, 0.25) is 15.1 Å². The van der Waals surface area contributed by atoms with Crippen LogP contribution in [0.3, 0.4) is 0 Å². The molecule has 0 unspecified atom stereocenters. The lowest BCUT2D eigenvalue weighted by Gasteiger charge is -2.11. The van der Waals surface area contributed by atoms with Crippen molar-refractivity contribution < 1.29 is 9.59 Å². The summed E-state index contributed by atoms with van der Waals surface area (Å²) in [7, 11) is 0. The summed E-state index contributed by atoms with van der Waals surface area (Å²) in [6.07, 6.45) is 0. The average Bonchev–Trinajstić information content (AvgIpc) is 2.52. The monoisotopic (exact) mass is 401 g/mol. The first kappa shape index (κ1) is 18.5. The highest BCUT2D eigenvalue weighted by atomic mass is 35.5. The number of hydrogen-bond donors (Lipinski definition) is 3. The van der Waals surface area contributed by atoms with Crippen LogP contribution in [-0.2, 0) is 0 Å². The van der Waals surface area contributed by atoms with E-state index >= 15 is 0 Å². The van der Waals surface area contributed by atoms with Crippen molar-refractivity contribution in [3.8, 4) is 0 Å². The molecular weight excluding hydrogens is 393 g/mol. The van der Waals surface area contributed by atoms with Gasteiger partial charge in [0.15, 0.2) is 5.11 Å². The molecule has 0 atom stereocenters. The van der Waals surface area contributed by atoms with Crippen molar-refractivity contribution in [1.29, 1.82) is 0 Å². The van der Waals surface area contributed by atoms with E-state index in [2.05, 4.69) is 16.2 Å². The molecule has 0 fully saturated rings. The van der Waals surface area contributed by atoms with Crippen molar-refractivity contribution in [2.45, 2.75) is 0 Å². The molecule has 3 N–H and O–H groups in total. The van der Waals surface area contributed by atoms with Crippen molar-refractivity contribution in [2.24, 2.45) is 0 Å². The number of benzene rings is 2. The van der Waals surface area contributed by atoms with Crippen LogP contribution >= 0.6 is 47.0 Å². The van der Waals surface area contributed by atoms with Gasteiger partial charge in [0, 0.05) is 26.2 Å². The molecule has 0 saturated heterocycles. The molecule has 2 rings (SSSR count). The maximum absolute atomic E-state index is 12.0. The number of carbonyl (C=O) groups is 2. The van der Waals surface area contributed by atoms with Gasteiger partial charge >= 0.3 is 0 Å². The smallest absolute Gasteiger partial charge is 0.269 e. The average molecular weight is 403 g/mol. The maximum Gasteiger partial charge on any atom is 0.269 e. The largest absolute Gasteiger partial charge is 0.298 e. The Balaban J connectivity index is 1.89. The first-order valence-electron chi connectivity index (χ1n) is 6.48. The Labute approximate surface area is 158 Å². The third-order valence-electron chi connectivity index (χ3n) is 2.75. The fraction of sp³-hybridized carbons (Fsp3) is 0. The number of hydrazine groups is 1. The summed E-state index contributed by atoms with van der Waals surface area (Å²) >= 11 is 22.4. The van der Waals surface area contributed by atoms with Crippen molar-refractivity contribution in [2.75, 3.05) is 0 Å². The van der Waals surface area contributed by atoms with Crippen molar-refractivity contribution in [1.82, 2.24) is 16.2 Å². The molecule has 9 heteroatoms. The molecule has 0 aliphatic rings. The normalized spacial score (nSPS) is 9.96. The van der Waals surface area contributed by atoms with Gasteiger partial charge < -0.3 is 0 Å². The van der Waals surface area contributed by atoms with Gasteiger partial charge in [-0.05, 0) is 54.7 Å². The summed E-state index contributed by atoms with van der Waals surface area (Å²) < 4.78 is 0. The Bertz CT molecular complexity index is 777. The second-order valence-corrected chi connectivity index (χ2v) is 6.24. The molecule has 24 heavy (non-hydrogen) atoms. The quantitative estimate of drug-likeness (QED) is 0.530. The Morgan fingerprint density at radius 1 is 0.750 bits per heavy atom. The highest BCUT2D eigenvalue weighted by Crippen LogP contribution is 2.18. The van der Waals surface area contributed by atoms with E-state index in [9.17, 15) is 9.59 Å². The summed E-state index contributed by atoms with van der Waals surface area (Å²) in [6.45, 7) is 0. The van der Waals surface area contributed by atoms with Gasteiger partial charge in [-0.15, -0.1) is 0 Å². The zero-order valence-electron chi connectivity index (χ0n) is 11.9. The Morgan fingerprint density at radius 2 is 1.33 bits per heavy atom. The Kier molecular flexibility index (Phi) is 6.39. The van der Waals surface area contributed by atoms with Crippen LogP contribution in [0.25, 0.3) is 0 Å². The third kappa shape index (κ3) is 5.35. The SMILES string of the molecule is O=C(NNC(=S)NC(=O)c1cc(Cl)cc(Cl)c1)c1ccc(Cl)cc1. The Hall–Kier alpha value is -1.86. The minimum atomic E-state index is -0.516. The van der Waals surface area contributed by atoms with Gasteiger partial charge in [-0.3, -0.25) is 25.8 Å². The summed E-state index contributed by atoms with van der Waals surface area (Å²) in [4.78, 5) is 23.9. The second kappa shape index (κ2) is 8.30. The van der Waals surface area contributed by atoms with E-state index in [4.69, 9.17) is 47.0 Å². The molecule has 0 bridgehead atoms. The van der Waals surface area contributed by atoms with Gasteiger partial charge in [0.1, 0.15) is 0 Å². The molecule has 0 aliphatic carbocycles. The van der Waals surface area contributed by atoms with Gasteiger partial charge in [0.25, 0.3) is 11.8 Å². The lowest BCUT2D eigenvalue weighted by molar-refractivity contribution is 0.0934. The molecule has 0 aliphatic heterocycles. The molecule has 124 valence electrons. The predicted octanol–water partition coefficient (Wildman–Crippen LogP) is 3.60. The summed E-state index contributed by atoms with van der Waals surface area (Å²) in [6, 6.07) is 10.7. The van der Waals surface area contributed by atoms with E-state index in [0.717, 1.165) is 0 Å². The number of carbonyl (C=O) groups excluding carboxylic acids is 2. The van der Waals surface area contributed by atoms with Crippen molar-refractivity contribution >= 4 is 63.9 Å². The molecule has 2 amide bonds. The fourth-order valence-electron chi connectivity index (χ4n) is 1.68. The molecule has 0 aromatic heterocycles. The molecule has 0 saturated carbocycles. The van der Waals surface area contributed by atoms with E-state index in [-0.39, 0.29) is 10.7 Å². The molecule has 2 aromatic carbocycles. The maximum atomic E-state index is 12.0. The Morgan fingerprint density at radius 3 is 1.92 bits per heavy atom. The number of rotatable bonds is 2. The van der Waals surface area contributed by atoms with Gasteiger partial charge in [0.2, 0.25) is 0 Å². The highest BCUT2D eigenvalue weighted by Gasteiger charge is 2.11. The second-order valence-electron chi connectivity index (χ2n) is 4.53. The lowest BCUT2D eigenvalue weighted by Crippen LogP contribution is -2.48. The topological polar surface area (TPSA) is 70.2 Å². The van der Waals surface area contributed by atoms with Crippen molar-refractivity contribution in [3.63, 3.8) is 0 Å². The van der Waals surface area contributed by atoms with Crippen LogP contribution in [0, 0.1) is 0 Å². The lowest BCUT2D eigenvalue weighted by atomic mass is 10.2. The zero-order valence-corrected chi connectivity index (χ0v) is 15.0. The van der Waals surface area contributed by atoms with Gasteiger partial charge in [-0.1, -0.05) is 34.8 Å². The number of thiocarbonyl (C=S) groups is 1. The van der Waals surface area contributed by atoms with Crippen molar-refractivity contribution in [3.05, 3.63) is 68.7 Å². The van der Waals surface area contributed by atoms with E-state index in [1.165, 1.54) is 18.2 Å². The number of nitrogens with one attached hydrogen (secondary N) is 3. The van der Waals surface area contributed by atoms with Crippen LogP contribution in [0.5, 0.6) is 0 Å². The van der Waals surface area contributed by atoms with Crippen LogP contribution < -0.4 is 16.2 Å². The molecule has 0 heterocycles. The minimum Gasteiger partial charge on any atom is -0.298 e. The standard InChI is InChI=1S/C15H10Cl3N3O2S/c16-10-3-1-8(2-4-10)14(23)20-21-15(24)19-13(22)9-5-11(17)7-12(18)6-9/h1-7H,(H,20,23)(H2,19,21,22,24). The summed E-state index contributed by atoms with van der Waals surface area (Å²) in [5, 5.41) is 3.47. The van der Waals surface area contributed by atoms with E-state index in [1.54, 1.807) is 24.3 Å². The van der Waals surface area contributed by atoms with E-state index in [1.807, 2.05) is 0 Å². The fourth-order valence-corrected chi connectivity index (χ4v) is 2.47. The minimum absolute atomic E-state index is 0.0848. The first-order valence-corrected chi connectivity index (χ1v) is 8.02. The van der Waals surface area contributed by atoms with Crippen LogP contribution in [0.15, 0.2) is 42.5 Å². The van der Waals surface area contributed by atoms with Gasteiger partial charge in [0.05, 0.1) is 0 Å². The van der Waals surface area contributed by atoms with Gasteiger partial charge in [-0.25, -0.2) is 0 Å². The molecule has 0 spiro atoms. The van der Waals surface area contributed by atoms with Crippen LogP contribution in [-0.4, -0.2) is 16.9 Å². The van der Waals surface area contributed by atoms with Crippen LogP contribution in [0.1, 0.15) is 20.7 Å². The number of amides is 2. The number of hydrogen-bond acceptors (Lipinski definition) is 3. The highest BCUT2D eigenvalue weighted by molar-refractivity contribution is 7.80. The molecular formula is C15H10Cl3N3O2S. The van der Waals surface area contributed by atoms with E-state index < -0.39 is 11.8 Å². The van der Waals surface area contributed by atoms with E-state index in [0.29, 0.717) is 20.6 Å². The number of halogens is 3. The molecule has 5 nitrogen and oxygen atoms in total. The zero-order chi connectivity index (χ0) is 17.7.